The highest BCUT2D eigenvalue weighted by molar-refractivity contribution is 7.99. The maximum Gasteiger partial charge on any atom is 0.313 e. The Bertz CT molecular complexity index is 640. The summed E-state index contributed by atoms with van der Waals surface area (Å²) in [6.45, 7) is 4.48. The fourth-order valence-electron chi connectivity index (χ4n) is 1.87. The molecule has 0 saturated heterocycles. The van der Waals surface area contributed by atoms with Crippen LogP contribution in [0.25, 0.3) is 0 Å². The molecule has 2 rings (SSSR count). The summed E-state index contributed by atoms with van der Waals surface area (Å²) in [7, 11) is 0. The summed E-state index contributed by atoms with van der Waals surface area (Å²) in [6, 6.07) is 8.24. The average Bonchev–Trinajstić information content (AvgIpc) is 2.80. The Morgan fingerprint density at radius 2 is 2.19 bits per heavy atom. The van der Waals surface area contributed by atoms with Crippen LogP contribution in [0.2, 0.25) is 0 Å². The summed E-state index contributed by atoms with van der Waals surface area (Å²) >= 11 is 1.22. The van der Waals surface area contributed by atoms with E-state index in [4.69, 9.17) is 5.11 Å². The Labute approximate surface area is 127 Å². The number of halogens is 1. The van der Waals surface area contributed by atoms with Crippen molar-refractivity contribution in [2.75, 3.05) is 5.75 Å². The summed E-state index contributed by atoms with van der Waals surface area (Å²) in [5.41, 5.74) is 1.70. The molecule has 4 nitrogen and oxygen atoms in total. The summed E-state index contributed by atoms with van der Waals surface area (Å²) in [4.78, 5) is 10.7. The quantitative estimate of drug-likeness (QED) is 0.831. The second-order valence-electron chi connectivity index (χ2n) is 5.03. The van der Waals surface area contributed by atoms with Crippen molar-refractivity contribution in [2.24, 2.45) is 0 Å². The topological polar surface area (TPSA) is 55.1 Å². The Kier molecular flexibility index (Phi) is 5.01. The van der Waals surface area contributed by atoms with Crippen LogP contribution >= 0.6 is 11.8 Å². The first-order valence-corrected chi connectivity index (χ1v) is 7.61. The van der Waals surface area contributed by atoms with Gasteiger partial charge in [-0.05, 0) is 29.7 Å². The van der Waals surface area contributed by atoms with Crippen LogP contribution in [0.5, 0.6) is 0 Å². The molecule has 0 fully saturated rings. The number of benzene rings is 1. The summed E-state index contributed by atoms with van der Waals surface area (Å²) in [5.74, 6) is -0.928. The molecule has 21 heavy (non-hydrogen) atoms. The highest BCUT2D eigenvalue weighted by atomic mass is 32.2. The zero-order valence-electron chi connectivity index (χ0n) is 11.9. The lowest BCUT2D eigenvalue weighted by Gasteiger charge is -2.06. The first-order valence-electron chi connectivity index (χ1n) is 6.62. The molecule has 1 N–H and O–H groups in total. The SMILES string of the molecule is CC(C)c1cc(SCC(=O)O)n(Cc2cccc(F)c2)n1. The Morgan fingerprint density at radius 1 is 1.43 bits per heavy atom. The van der Waals surface area contributed by atoms with Crippen molar-refractivity contribution in [3.05, 3.63) is 47.4 Å². The molecule has 0 radical (unpaired) electrons. The van der Waals surface area contributed by atoms with Crippen molar-refractivity contribution in [3.63, 3.8) is 0 Å². The van der Waals surface area contributed by atoms with Gasteiger partial charge in [0, 0.05) is 0 Å². The van der Waals surface area contributed by atoms with Crippen molar-refractivity contribution < 1.29 is 14.3 Å². The molecule has 0 amide bonds. The van der Waals surface area contributed by atoms with E-state index < -0.39 is 5.97 Å². The monoisotopic (exact) mass is 308 g/mol. The van der Waals surface area contributed by atoms with Gasteiger partial charge in [0.25, 0.3) is 0 Å². The van der Waals surface area contributed by atoms with Crippen molar-refractivity contribution in [1.82, 2.24) is 9.78 Å². The first kappa shape index (κ1) is 15.6. The van der Waals surface area contributed by atoms with E-state index in [0.29, 0.717) is 6.54 Å². The van der Waals surface area contributed by atoms with Crippen LogP contribution in [-0.2, 0) is 11.3 Å². The van der Waals surface area contributed by atoms with Crippen molar-refractivity contribution in [1.29, 1.82) is 0 Å². The van der Waals surface area contributed by atoms with Gasteiger partial charge in [-0.1, -0.05) is 37.7 Å². The molecular weight excluding hydrogens is 291 g/mol. The Balaban J connectivity index is 2.25. The predicted octanol–water partition coefficient (Wildman–Crippen LogP) is 3.37. The van der Waals surface area contributed by atoms with Gasteiger partial charge in [0.1, 0.15) is 5.82 Å². The molecule has 1 aromatic heterocycles. The van der Waals surface area contributed by atoms with E-state index in [1.165, 1.54) is 23.9 Å². The van der Waals surface area contributed by atoms with Gasteiger partial charge in [-0.3, -0.25) is 9.48 Å². The molecule has 2 aromatic rings. The zero-order valence-corrected chi connectivity index (χ0v) is 12.7. The number of carboxylic acids is 1. The predicted molar refractivity (Wildman–Crippen MR) is 80.2 cm³/mol. The second kappa shape index (κ2) is 6.76. The van der Waals surface area contributed by atoms with Crippen molar-refractivity contribution in [2.45, 2.75) is 31.3 Å². The van der Waals surface area contributed by atoms with E-state index in [9.17, 15) is 9.18 Å². The number of aromatic nitrogens is 2. The summed E-state index contributed by atoms with van der Waals surface area (Å²) in [6.07, 6.45) is 0. The third-order valence-electron chi connectivity index (χ3n) is 2.92. The smallest absolute Gasteiger partial charge is 0.313 e. The average molecular weight is 308 g/mol. The second-order valence-corrected chi connectivity index (χ2v) is 6.03. The molecule has 0 aliphatic rings. The number of thioether (sulfide) groups is 1. The third-order valence-corrected chi connectivity index (χ3v) is 3.93. The van der Waals surface area contributed by atoms with Gasteiger partial charge in [-0.2, -0.15) is 5.10 Å². The number of carboxylic acid groups (broad SMARTS) is 1. The molecule has 1 aromatic carbocycles. The van der Waals surface area contributed by atoms with Crippen molar-refractivity contribution >= 4 is 17.7 Å². The first-order chi connectivity index (χ1) is 9.95. The molecule has 1 heterocycles. The number of aliphatic carboxylic acids is 1. The molecule has 0 saturated carbocycles. The maximum absolute atomic E-state index is 13.2. The lowest BCUT2D eigenvalue weighted by atomic mass is 10.1. The molecule has 0 spiro atoms. The van der Waals surface area contributed by atoms with Crippen LogP contribution in [0.15, 0.2) is 35.4 Å². The molecule has 0 aliphatic heterocycles. The highest BCUT2D eigenvalue weighted by Crippen LogP contribution is 2.24. The largest absolute Gasteiger partial charge is 0.481 e. The molecule has 0 bridgehead atoms. The minimum Gasteiger partial charge on any atom is -0.481 e. The fraction of sp³-hybridized carbons (Fsp3) is 0.333. The third kappa shape index (κ3) is 4.32. The van der Waals surface area contributed by atoms with E-state index >= 15 is 0 Å². The van der Waals surface area contributed by atoms with Crippen molar-refractivity contribution in [3.8, 4) is 0 Å². The van der Waals surface area contributed by atoms with Crippen LogP contribution in [0.4, 0.5) is 4.39 Å². The van der Waals surface area contributed by atoms with Gasteiger partial charge in [0.2, 0.25) is 0 Å². The van der Waals surface area contributed by atoms with Gasteiger partial charge in [0.15, 0.2) is 0 Å². The summed E-state index contributed by atoms with van der Waals surface area (Å²) in [5, 5.41) is 14.1. The molecule has 0 aliphatic carbocycles. The zero-order chi connectivity index (χ0) is 15.4. The number of carbonyl (C=O) groups is 1. The standard InChI is InChI=1S/C15H17FN2O2S/c1-10(2)13-7-14(21-9-15(19)20)18(17-13)8-11-4-3-5-12(16)6-11/h3-7,10H,8-9H2,1-2H3,(H,19,20). The lowest BCUT2D eigenvalue weighted by Crippen LogP contribution is -2.06. The van der Waals surface area contributed by atoms with Gasteiger partial charge in [0.05, 0.1) is 23.0 Å². The van der Waals surface area contributed by atoms with Crippen LogP contribution in [0.3, 0.4) is 0 Å². The molecule has 0 unspecified atom stereocenters. The van der Waals surface area contributed by atoms with Gasteiger partial charge in [-0.15, -0.1) is 0 Å². The minimum atomic E-state index is -0.871. The van der Waals surface area contributed by atoms with E-state index in [1.807, 2.05) is 26.0 Å². The van der Waals surface area contributed by atoms with E-state index in [0.717, 1.165) is 16.3 Å². The molecular formula is C15H17FN2O2S. The van der Waals surface area contributed by atoms with E-state index in [2.05, 4.69) is 5.10 Å². The molecule has 6 heteroatoms. The highest BCUT2D eigenvalue weighted by Gasteiger charge is 2.13. The van der Waals surface area contributed by atoms with E-state index in [1.54, 1.807) is 10.7 Å². The van der Waals surface area contributed by atoms with Gasteiger partial charge < -0.3 is 5.11 Å². The summed E-state index contributed by atoms with van der Waals surface area (Å²) < 4.78 is 15.0. The van der Waals surface area contributed by atoms with Gasteiger partial charge in [-0.25, -0.2) is 4.39 Å². The van der Waals surface area contributed by atoms with Crippen LogP contribution in [-0.4, -0.2) is 26.6 Å². The molecule has 112 valence electrons. The maximum atomic E-state index is 13.2. The fourth-order valence-corrected chi connectivity index (χ4v) is 2.60. The lowest BCUT2D eigenvalue weighted by molar-refractivity contribution is -0.133. The Hall–Kier alpha value is -1.82. The number of hydrogen-bond acceptors (Lipinski definition) is 3. The minimum absolute atomic E-state index is 0.0214. The van der Waals surface area contributed by atoms with Crippen LogP contribution in [0.1, 0.15) is 31.0 Å². The normalized spacial score (nSPS) is 11.0. The Morgan fingerprint density at radius 3 is 2.81 bits per heavy atom. The number of rotatable bonds is 6. The molecule has 0 atom stereocenters. The van der Waals surface area contributed by atoms with Crippen LogP contribution in [0, 0.1) is 5.82 Å². The van der Waals surface area contributed by atoms with Gasteiger partial charge >= 0.3 is 5.97 Å². The number of nitrogens with zero attached hydrogens (tertiary/aromatic N) is 2. The van der Waals surface area contributed by atoms with Crippen LogP contribution < -0.4 is 0 Å². The number of hydrogen-bond donors (Lipinski definition) is 1. The van der Waals surface area contributed by atoms with E-state index in [-0.39, 0.29) is 17.5 Å².